The van der Waals surface area contributed by atoms with E-state index in [2.05, 4.69) is 12.1 Å². The van der Waals surface area contributed by atoms with Gasteiger partial charge in [-0.15, -0.1) is 0 Å². The van der Waals surface area contributed by atoms with Gasteiger partial charge < -0.3 is 14.6 Å². The Kier molecular flexibility index (Phi) is 4.98. The van der Waals surface area contributed by atoms with E-state index in [-0.39, 0.29) is 18.8 Å². The van der Waals surface area contributed by atoms with Crippen molar-refractivity contribution in [2.75, 3.05) is 13.2 Å². The minimum absolute atomic E-state index is 0.204. The summed E-state index contributed by atoms with van der Waals surface area (Å²) in [6.45, 7) is 1.50. The summed E-state index contributed by atoms with van der Waals surface area (Å²) < 4.78 is 11.4. The Morgan fingerprint density at radius 3 is 2.71 bits per heavy atom. The molecule has 0 aliphatic carbocycles. The van der Waals surface area contributed by atoms with Crippen LogP contribution in [0.15, 0.2) is 30.3 Å². The Balaban J connectivity index is 1.63. The first-order valence-corrected chi connectivity index (χ1v) is 6.26. The van der Waals surface area contributed by atoms with Crippen molar-refractivity contribution in [3.63, 3.8) is 0 Å². The van der Waals surface area contributed by atoms with E-state index in [9.17, 15) is 0 Å². The first-order chi connectivity index (χ1) is 8.38. The van der Waals surface area contributed by atoms with Gasteiger partial charge in [-0.3, -0.25) is 0 Å². The maximum atomic E-state index is 8.83. The summed E-state index contributed by atoms with van der Waals surface area (Å²) in [5.41, 5.74) is 1.19. The van der Waals surface area contributed by atoms with Crippen LogP contribution in [0.5, 0.6) is 0 Å². The zero-order chi connectivity index (χ0) is 11.9. The van der Waals surface area contributed by atoms with Crippen LogP contribution in [0.3, 0.4) is 0 Å². The Labute approximate surface area is 102 Å². The van der Waals surface area contributed by atoms with Gasteiger partial charge in [0, 0.05) is 6.61 Å². The maximum absolute atomic E-state index is 8.83. The molecule has 3 nitrogen and oxygen atoms in total. The zero-order valence-corrected chi connectivity index (χ0v) is 10.0. The number of aliphatic hydroxyl groups excluding tert-OH is 1. The highest BCUT2D eigenvalue weighted by Crippen LogP contribution is 2.22. The Bertz CT molecular complexity index is 313. The molecule has 1 fully saturated rings. The smallest absolute Gasteiger partial charge is 0.0813 e. The van der Waals surface area contributed by atoms with Gasteiger partial charge in [-0.05, 0) is 24.8 Å². The number of aliphatic hydroxyl groups is 1. The molecular weight excluding hydrogens is 216 g/mol. The van der Waals surface area contributed by atoms with Crippen molar-refractivity contribution >= 4 is 0 Å². The van der Waals surface area contributed by atoms with Crippen molar-refractivity contribution in [2.24, 2.45) is 0 Å². The highest BCUT2D eigenvalue weighted by atomic mass is 16.5. The van der Waals surface area contributed by atoms with Crippen molar-refractivity contribution in [2.45, 2.75) is 38.1 Å². The van der Waals surface area contributed by atoms with E-state index in [1.807, 2.05) is 18.2 Å². The van der Waals surface area contributed by atoms with E-state index in [4.69, 9.17) is 14.6 Å². The molecule has 0 bridgehead atoms. The molecule has 0 radical (unpaired) electrons. The van der Waals surface area contributed by atoms with E-state index in [0.717, 1.165) is 19.3 Å². The quantitative estimate of drug-likeness (QED) is 0.822. The molecule has 0 spiro atoms. The lowest BCUT2D eigenvalue weighted by atomic mass is 10.1. The van der Waals surface area contributed by atoms with E-state index in [1.54, 1.807) is 0 Å². The minimum Gasteiger partial charge on any atom is -0.396 e. The summed E-state index contributed by atoms with van der Waals surface area (Å²) in [7, 11) is 0. The van der Waals surface area contributed by atoms with E-state index >= 15 is 0 Å². The van der Waals surface area contributed by atoms with Crippen LogP contribution < -0.4 is 0 Å². The van der Waals surface area contributed by atoms with Crippen LogP contribution in [-0.2, 0) is 16.1 Å². The molecule has 1 aromatic rings. The summed E-state index contributed by atoms with van der Waals surface area (Å²) in [6.07, 6.45) is 3.26. The average molecular weight is 236 g/mol. The van der Waals surface area contributed by atoms with Gasteiger partial charge in [-0.25, -0.2) is 0 Å². The van der Waals surface area contributed by atoms with Gasteiger partial charge in [0.2, 0.25) is 0 Å². The molecule has 17 heavy (non-hydrogen) atoms. The number of ether oxygens (including phenoxy) is 2. The van der Waals surface area contributed by atoms with Crippen molar-refractivity contribution in [3.8, 4) is 0 Å². The molecule has 3 heteroatoms. The predicted molar refractivity (Wildman–Crippen MR) is 65.7 cm³/mol. The molecule has 0 aromatic heterocycles. The molecule has 0 saturated carbocycles. The third kappa shape index (κ3) is 4.11. The second-order valence-electron chi connectivity index (χ2n) is 4.47. The molecule has 1 aromatic carbocycles. The van der Waals surface area contributed by atoms with E-state index in [0.29, 0.717) is 13.2 Å². The van der Waals surface area contributed by atoms with Gasteiger partial charge in [0.15, 0.2) is 0 Å². The number of rotatable bonds is 6. The third-order valence-electron chi connectivity index (χ3n) is 3.06. The lowest BCUT2D eigenvalue weighted by molar-refractivity contribution is -0.0254. The summed E-state index contributed by atoms with van der Waals surface area (Å²) in [4.78, 5) is 0. The van der Waals surface area contributed by atoms with E-state index < -0.39 is 0 Å². The van der Waals surface area contributed by atoms with Gasteiger partial charge in [0.25, 0.3) is 0 Å². The molecule has 1 aliphatic rings. The van der Waals surface area contributed by atoms with Crippen LogP contribution in [0.1, 0.15) is 24.8 Å². The minimum atomic E-state index is 0.204. The van der Waals surface area contributed by atoms with Gasteiger partial charge in [-0.2, -0.15) is 0 Å². The molecule has 1 N–H and O–H groups in total. The van der Waals surface area contributed by atoms with Crippen LogP contribution in [-0.4, -0.2) is 30.5 Å². The highest BCUT2D eigenvalue weighted by molar-refractivity contribution is 5.13. The second kappa shape index (κ2) is 6.74. The van der Waals surface area contributed by atoms with Crippen LogP contribution in [0.4, 0.5) is 0 Å². The standard InChI is InChI=1S/C14H20O3/c15-9-8-13-6-7-14(17-13)11-16-10-12-4-2-1-3-5-12/h1-5,13-15H,6-11H2/t13-,14+/m0/s1. The summed E-state index contributed by atoms with van der Waals surface area (Å²) in [5, 5.41) is 8.83. The Morgan fingerprint density at radius 1 is 1.18 bits per heavy atom. The molecular formula is C14H20O3. The van der Waals surface area contributed by atoms with Crippen molar-refractivity contribution in [3.05, 3.63) is 35.9 Å². The van der Waals surface area contributed by atoms with E-state index in [1.165, 1.54) is 5.56 Å². The zero-order valence-electron chi connectivity index (χ0n) is 10.0. The van der Waals surface area contributed by atoms with Crippen LogP contribution >= 0.6 is 0 Å². The lowest BCUT2D eigenvalue weighted by Gasteiger charge is -2.13. The van der Waals surface area contributed by atoms with Crippen LogP contribution in [0.2, 0.25) is 0 Å². The van der Waals surface area contributed by atoms with Crippen molar-refractivity contribution < 1.29 is 14.6 Å². The normalized spacial score (nSPS) is 24.1. The van der Waals surface area contributed by atoms with Gasteiger partial charge in [0.05, 0.1) is 25.4 Å². The predicted octanol–water partition coefficient (Wildman–Crippen LogP) is 2.13. The molecule has 1 heterocycles. The molecule has 94 valence electrons. The van der Waals surface area contributed by atoms with Gasteiger partial charge in [-0.1, -0.05) is 30.3 Å². The molecule has 2 atom stereocenters. The monoisotopic (exact) mass is 236 g/mol. The first kappa shape index (κ1) is 12.6. The molecule has 1 aliphatic heterocycles. The first-order valence-electron chi connectivity index (χ1n) is 6.26. The SMILES string of the molecule is OCC[C@@H]1CC[C@H](COCc2ccccc2)O1. The highest BCUT2D eigenvalue weighted by Gasteiger charge is 2.24. The summed E-state index contributed by atoms with van der Waals surface area (Å²) >= 11 is 0. The molecule has 2 rings (SSSR count). The molecule has 0 amide bonds. The maximum Gasteiger partial charge on any atom is 0.0813 e. The summed E-state index contributed by atoms with van der Waals surface area (Å²) in [6, 6.07) is 10.2. The average Bonchev–Trinajstić information content (AvgIpc) is 2.79. The fourth-order valence-electron chi connectivity index (χ4n) is 2.14. The largest absolute Gasteiger partial charge is 0.396 e. The molecule has 1 saturated heterocycles. The second-order valence-corrected chi connectivity index (χ2v) is 4.47. The topological polar surface area (TPSA) is 38.7 Å². The fraction of sp³-hybridized carbons (Fsp3) is 0.571. The van der Waals surface area contributed by atoms with Gasteiger partial charge in [0.1, 0.15) is 0 Å². The summed E-state index contributed by atoms with van der Waals surface area (Å²) in [5.74, 6) is 0. The third-order valence-corrected chi connectivity index (χ3v) is 3.06. The molecule has 0 unspecified atom stereocenters. The van der Waals surface area contributed by atoms with Crippen LogP contribution in [0, 0.1) is 0 Å². The van der Waals surface area contributed by atoms with Crippen molar-refractivity contribution in [1.29, 1.82) is 0 Å². The fourth-order valence-corrected chi connectivity index (χ4v) is 2.14. The number of hydrogen-bond donors (Lipinski definition) is 1. The Hall–Kier alpha value is -0.900. The van der Waals surface area contributed by atoms with Crippen LogP contribution in [0.25, 0.3) is 0 Å². The number of hydrogen-bond acceptors (Lipinski definition) is 3. The Morgan fingerprint density at radius 2 is 1.94 bits per heavy atom. The van der Waals surface area contributed by atoms with Crippen molar-refractivity contribution in [1.82, 2.24) is 0 Å². The van der Waals surface area contributed by atoms with Gasteiger partial charge >= 0.3 is 0 Å². The number of benzene rings is 1. The lowest BCUT2D eigenvalue weighted by Crippen LogP contribution is -2.17.